The van der Waals surface area contributed by atoms with E-state index >= 15 is 0 Å². The standard InChI is InChI=1S/C7H6FNO3/c1-4-5(8)2-3-6(7(4)10)9(11)12/h2-3,10H,1H3. The lowest BCUT2D eigenvalue weighted by atomic mass is 10.2. The van der Waals surface area contributed by atoms with Gasteiger partial charge < -0.3 is 5.11 Å². The van der Waals surface area contributed by atoms with Crippen molar-refractivity contribution in [3.63, 3.8) is 0 Å². The molecule has 4 nitrogen and oxygen atoms in total. The van der Waals surface area contributed by atoms with Crippen LogP contribution in [0.3, 0.4) is 0 Å². The number of phenolic OH excluding ortho intramolecular Hbond substituents is 1. The zero-order valence-corrected chi connectivity index (χ0v) is 6.24. The highest BCUT2D eigenvalue weighted by molar-refractivity contribution is 5.50. The van der Waals surface area contributed by atoms with Crippen LogP contribution in [0.2, 0.25) is 0 Å². The molecule has 0 aliphatic heterocycles. The molecule has 0 bridgehead atoms. The molecule has 0 aliphatic carbocycles. The van der Waals surface area contributed by atoms with Crippen molar-refractivity contribution >= 4 is 5.69 Å². The van der Waals surface area contributed by atoms with Crippen LogP contribution in [0.1, 0.15) is 5.56 Å². The van der Waals surface area contributed by atoms with Gasteiger partial charge >= 0.3 is 5.69 Å². The molecule has 0 radical (unpaired) electrons. The Bertz CT molecular complexity index is 338. The molecule has 0 fully saturated rings. The van der Waals surface area contributed by atoms with Crippen molar-refractivity contribution in [1.29, 1.82) is 0 Å². The Kier molecular flexibility index (Phi) is 1.95. The normalized spacial score (nSPS) is 9.83. The predicted octanol–water partition coefficient (Wildman–Crippen LogP) is 1.75. The van der Waals surface area contributed by atoms with Crippen molar-refractivity contribution in [3.05, 3.63) is 33.6 Å². The van der Waals surface area contributed by atoms with Gasteiger partial charge in [-0.3, -0.25) is 10.1 Å². The summed E-state index contributed by atoms with van der Waals surface area (Å²) in [7, 11) is 0. The maximum Gasteiger partial charge on any atom is 0.311 e. The third kappa shape index (κ3) is 1.20. The van der Waals surface area contributed by atoms with Gasteiger partial charge in [-0.2, -0.15) is 0 Å². The summed E-state index contributed by atoms with van der Waals surface area (Å²) in [5.41, 5.74) is -0.585. The summed E-state index contributed by atoms with van der Waals surface area (Å²) < 4.78 is 12.6. The van der Waals surface area contributed by atoms with Gasteiger partial charge in [0.05, 0.1) is 4.92 Å². The molecule has 0 saturated heterocycles. The van der Waals surface area contributed by atoms with Gasteiger partial charge in [0.2, 0.25) is 0 Å². The zero-order valence-electron chi connectivity index (χ0n) is 6.24. The summed E-state index contributed by atoms with van der Waals surface area (Å²) in [5.74, 6) is -1.27. The number of benzene rings is 1. The molecular formula is C7H6FNO3. The average Bonchev–Trinajstić information content (AvgIpc) is 2.00. The van der Waals surface area contributed by atoms with Gasteiger partial charge in [-0.1, -0.05) is 0 Å². The second kappa shape index (κ2) is 2.77. The molecule has 1 aromatic carbocycles. The van der Waals surface area contributed by atoms with Gasteiger partial charge in [-0.25, -0.2) is 4.39 Å². The van der Waals surface area contributed by atoms with E-state index in [1.54, 1.807) is 0 Å². The lowest BCUT2D eigenvalue weighted by molar-refractivity contribution is -0.386. The number of nitro benzene ring substituents is 1. The van der Waals surface area contributed by atoms with Crippen LogP contribution in [0, 0.1) is 22.9 Å². The fourth-order valence-corrected chi connectivity index (χ4v) is 0.809. The lowest BCUT2D eigenvalue weighted by Crippen LogP contribution is -1.91. The van der Waals surface area contributed by atoms with Crippen LogP contribution in [0.4, 0.5) is 10.1 Å². The molecule has 0 unspecified atom stereocenters. The number of hydrogen-bond donors (Lipinski definition) is 1. The highest BCUT2D eigenvalue weighted by Gasteiger charge is 2.16. The Morgan fingerprint density at radius 3 is 2.67 bits per heavy atom. The van der Waals surface area contributed by atoms with E-state index in [-0.39, 0.29) is 5.56 Å². The van der Waals surface area contributed by atoms with E-state index in [4.69, 9.17) is 5.11 Å². The lowest BCUT2D eigenvalue weighted by Gasteiger charge is -1.99. The van der Waals surface area contributed by atoms with Crippen molar-refractivity contribution in [2.45, 2.75) is 6.92 Å². The first kappa shape index (κ1) is 8.45. The molecule has 1 rings (SSSR count). The van der Waals surface area contributed by atoms with Gasteiger partial charge in [-0.05, 0) is 13.0 Å². The van der Waals surface area contributed by atoms with Gasteiger partial charge in [0.1, 0.15) is 5.82 Å². The molecular weight excluding hydrogens is 165 g/mol. The van der Waals surface area contributed by atoms with E-state index in [1.165, 1.54) is 6.92 Å². The second-order valence-electron chi connectivity index (χ2n) is 2.30. The maximum atomic E-state index is 12.6. The number of nitro groups is 1. The largest absolute Gasteiger partial charge is 0.502 e. The van der Waals surface area contributed by atoms with Crippen LogP contribution in [0.15, 0.2) is 12.1 Å². The van der Waals surface area contributed by atoms with Crippen LogP contribution in [0.25, 0.3) is 0 Å². The smallest absolute Gasteiger partial charge is 0.311 e. The Hall–Kier alpha value is -1.65. The summed E-state index contributed by atoms with van der Waals surface area (Å²) in [4.78, 5) is 9.45. The molecule has 64 valence electrons. The van der Waals surface area contributed by atoms with E-state index in [0.29, 0.717) is 0 Å². The number of rotatable bonds is 1. The van der Waals surface area contributed by atoms with Crippen LogP contribution in [0.5, 0.6) is 5.75 Å². The van der Waals surface area contributed by atoms with Crippen molar-refractivity contribution in [3.8, 4) is 5.75 Å². The quantitative estimate of drug-likeness (QED) is 0.517. The van der Waals surface area contributed by atoms with Crippen molar-refractivity contribution in [2.75, 3.05) is 0 Å². The maximum absolute atomic E-state index is 12.6. The fourth-order valence-electron chi connectivity index (χ4n) is 0.809. The summed E-state index contributed by atoms with van der Waals surface area (Å²) in [6, 6.07) is 1.88. The number of phenols is 1. The third-order valence-electron chi connectivity index (χ3n) is 1.54. The van der Waals surface area contributed by atoms with Crippen LogP contribution in [-0.4, -0.2) is 10.0 Å². The molecule has 0 saturated carbocycles. The molecule has 1 aromatic rings. The van der Waals surface area contributed by atoms with Crippen molar-refractivity contribution < 1.29 is 14.4 Å². The Morgan fingerprint density at radius 1 is 1.58 bits per heavy atom. The first-order chi connectivity index (χ1) is 5.54. The monoisotopic (exact) mass is 171 g/mol. The highest BCUT2D eigenvalue weighted by Crippen LogP contribution is 2.30. The van der Waals surface area contributed by atoms with Crippen molar-refractivity contribution in [1.82, 2.24) is 0 Å². The molecule has 0 aromatic heterocycles. The Morgan fingerprint density at radius 2 is 2.17 bits per heavy atom. The van der Waals surface area contributed by atoms with Gasteiger partial charge in [-0.15, -0.1) is 0 Å². The Balaban J connectivity index is 3.36. The third-order valence-corrected chi connectivity index (χ3v) is 1.54. The fraction of sp³-hybridized carbons (Fsp3) is 0.143. The Labute approximate surface area is 67.4 Å². The molecule has 0 heterocycles. The van der Waals surface area contributed by atoms with E-state index in [9.17, 15) is 14.5 Å². The SMILES string of the molecule is Cc1c(F)ccc([N+](=O)[O-])c1O. The van der Waals surface area contributed by atoms with Crippen LogP contribution in [-0.2, 0) is 0 Å². The summed E-state index contributed by atoms with van der Waals surface area (Å²) >= 11 is 0. The van der Waals surface area contributed by atoms with E-state index in [2.05, 4.69) is 0 Å². The van der Waals surface area contributed by atoms with Crippen molar-refractivity contribution in [2.24, 2.45) is 0 Å². The number of nitrogens with zero attached hydrogens (tertiary/aromatic N) is 1. The summed E-state index contributed by atoms with van der Waals surface area (Å²) in [5, 5.41) is 19.3. The summed E-state index contributed by atoms with van der Waals surface area (Å²) in [6.07, 6.45) is 0. The van der Waals surface area contributed by atoms with Gasteiger partial charge in [0, 0.05) is 11.6 Å². The zero-order chi connectivity index (χ0) is 9.30. The molecule has 0 aliphatic rings. The van der Waals surface area contributed by atoms with E-state index in [0.717, 1.165) is 12.1 Å². The first-order valence-corrected chi connectivity index (χ1v) is 3.16. The second-order valence-corrected chi connectivity index (χ2v) is 2.30. The predicted molar refractivity (Wildman–Crippen MR) is 39.5 cm³/mol. The summed E-state index contributed by atoms with van der Waals surface area (Å²) in [6.45, 7) is 1.28. The minimum atomic E-state index is -0.762. The molecule has 0 amide bonds. The molecule has 0 spiro atoms. The molecule has 1 N–H and O–H groups in total. The number of hydrogen-bond acceptors (Lipinski definition) is 3. The van der Waals surface area contributed by atoms with E-state index < -0.39 is 22.2 Å². The van der Waals surface area contributed by atoms with E-state index in [1.807, 2.05) is 0 Å². The highest BCUT2D eigenvalue weighted by atomic mass is 19.1. The number of aromatic hydroxyl groups is 1. The minimum absolute atomic E-state index is 0.107. The van der Waals surface area contributed by atoms with Gasteiger partial charge in [0.15, 0.2) is 5.75 Å². The topological polar surface area (TPSA) is 63.4 Å². The number of halogens is 1. The van der Waals surface area contributed by atoms with Crippen LogP contribution >= 0.6 is 0 Å². The molecule has 0 atom stereocenters. The molecule has 12 heavy (non-hydrogen) atoms. The first-order valence-electron chi connectivity index (χ1n) is 3.16. The molecule has 5 heteroatoms. The minimum Gasteiger partial charge on any atom is -0.502 e. The average molecular weight is 171 g/mol. The van der Waals surface area contributed by atoms with Crippen LogP contribution < -0.4 is 0 Å². The van der Waals surface area contributed by atoms with Gasteiger partial charge in [0.25, 0.3) is 0 Å².